The van der Waals surface area contributed by atoms with Gasteiger partial charge in [-0.15, -0.1) is 11.3 Å². The lowest BCUT2D eigenvalue weighted by Crippen LogP contribution is -2.06. The fourth-order valence-corrected chi connectivity index (χ4v) is 5.58. The zero-order valence-corrected chi connectivity index (χ0v) is 22.4. The van der Waals surface area contributed by atoms with Crippen molar-refractivity contribution in [2.45, 2.75) is 20.3 Å². The number of aryl methyl sites for hydroxylation is 1. The van der Waals surface area contributed by atoms with Gasteiger partial charge >= 0.3 is 5.97 Å². The molecule has 38 heavy (non-hydrogen) atoms. The van der Waals surface area contributed by atoms with E-state index in [9.17, 15) is 9.90 Å². The second-order valence-corrected chi connectivity index (χ2v) is 10.2. The molecular weight excluding hydrogens is 520 g/mol. The molecular formula is C28H23ClN6O2S. The summed E-state index contributed by atoms with van der Waals surface area (Å²) in [6, 6.07) is 13.1. The topological polar surface area (TPSA) is 125 Å². The van der Waals surface area contributed by atoms with Gasteiger partial charge in [-0.3, -0.25) is 9.78 Å². The van der Waals surface area contributed by atoms with E-state index in [2.05, 4.69) is 20.3 Å². The Kier molecular flexibility index (Phi) is 6.88. The maximum atomic E-state index is 11.7. The highest BCUT2D eigenvalue weighted by molar-refractivity contribution is 7.22. The van der Waals surface area contributed by atoms with Crippen LogP contribution in [0.1, 0.15) is 23.7 Å². The first-order chi connectivity index (χ1) is 18.2. The summed E-state index contributed by atoms with van der Waals surface area (Å²) in [5, 5.41) is 22.1. The number of carboxylic acids is 1. The smallest absolute Gasteiger partial charge is 0.307 e. The number of pyridine rings is 1. The molecule has 0 unspecified atom stereocenters. The number of thiazole rings is 1. The number of nitrogens with one attached hydrogen (secondary N) is 2. The maximum absolute atomic E-state index is 11.7. The van der Waals surface area contributed by atoms with Crippen molar-refractivity contribution >= 4 is 50.5 Å². The molecule has 0 fully saturated rings. The first-order valence-electron chi connectivity index (χ1n) is 11.7. The van der Waals surface area contributed by atoms with E-state index < -0.39 is 5.97 Å². The maximum Gasteiger partial charge on any atom is 0.307 e. The Balaban J connectivity index is 1.66. The lowest BCUT2D eigenvalue weighted by molar-refractivity contribution is -0.136. The molecule has 0 aliphatic rings. The Bertz CT molecular complexity index is 1720. The van der Waals surface area contributed by atoms with E-state index in [0.29, 0.717) is 33.6 Å². The zero-order chi connectivity index (χ0) is 27.0. The van der Waals surface area contributed by atoms with Crippen LogP contribution in [0.4, 0.5) is 5.69 Å². The van der Waals surface area contributed by atoms with E-state index in [-0.39, 0.29) is 6.42 Å². The van der Waals surface area contributed by atoms with Crippen molar-refractivity contribution in [3.05, 3.63) is 76.7 Å². The van der Waals surface area contributed by atoms with Crippen molar-refractivity contribution in [3.63, 3.8) is 0 Å². The van der Waals surface area contributed by atoms with Crippen LogP contribution in [0.25, 0.3) is 43.4 Å². The fraction of sp³-hybridized carbons (Fsp3) is 0.143. The number of aliphatic carboxylic acids is 1. The van der Waals surface area contributed by atoms with E-state index in [1.54, 1.807) is 38.5 Å². The first-order valence-corrected chi connectivity index (χ1v) is 12.9. The van der Waals surface area contributed by atoms with Crippen molar-refractivity contribution in [1.82, 2.24) is 19.9 Å². The third-order valence-corrected chi connectivity index (χ3v) is 7.51. The molecule has 190 valence electrons. The van der Waals surface area contributed by atoms with Crippen LogP contribution in [0.2, 0.25) is 5.02 Å². The van der Waals surface area contributed by atoms with Gasteiger partial charge in [0.15, 0.2) is 5.82 Å². The van der Waals surface area contributed by atoms with Crippen LogP contribution in [0.3, 0.4) is 0 Å². The number of rotatable bonds is 7. The summed E-state index contributed by atoms with van der Waals surface area (Å²) >= 11 is 7.63. The van der Waals surface area contributed by atoms with Gasteiger partial charge in [0.05, 0.1) is 34.2 Å². The largest absolute Gasteiger partial charge is 0.481 e. The Morgan fingerprint density at radius 1 is 1.11 bits per heavy atom. The van der Waals surface area contributed by atoms with Crippen LogP contribution in [0.5, 0.6) is 0 Å². The number of hydrogen-bond donors (Lipinski definition) is 3. The van der Waals surface area contributed by atoms with Crippen LogP contribution in [-0.2, 0) is 11.2 Å². The molecule has 0 bridgehead atoms. The van der Waals surface area contributed by atoms with Gasteiger partial charge in [0.2, 0.25) is 0 Å². The molecule has 2 aromatic carbocycles. The van der Waals surface area contributed by atoms with E-state index >= 15 is 0 Å². The predicted octanol–water partition coefficient (Wildman–Crippen LogP) is 6.50. The molecule has 5 aromatic rings. The van der Waals surface area contributed by atoms with Crippen molar-refractivity contribution in [2.24, 2.45) is 0 Å². The predicted molar refractivity (Wildman–Crippen MR) is 152 cm³/mol. The highest BCUT2D eigenvalue weighted by Crippen LogP contribution is 2.41. The van der Waals surface area contributed by atoms with Crippen molar-refractivity contribution in [3.8, 4) is 33.2 Å². The lowest BCUT2D eigenvalue weighted by Gasteiger charge is -2.13. The number of carboxylic acid groups (broad SMARTS) is 1. The molecule has 0 saturated carbocycles. The number of hydrogen-bond acceptors (Lipinski definition) is 8. The summed E-state index contributed by atoms with van der Waals surface area (Å²) in [5.74, 6) is -0.481. The first kappa shape index (κ1) is 25.4. The number of fused-ring (bicyclic) bond motifs is 1. The number of anilines is 1. The fourth-order valence-electron chi connectivity index (χ4n) is 4.32. The van der Waals surface area contributed by atoms with Crippen LogP contribution in [0, 0.1) is 12.3 Å². The van der Waals surface area contributed by atoms with Crippen LogP contribution >= 0.6 is 22.9 Å². The molecule has 8 nitrogen and oxygen atoms in total. The zero-order valence-electron chi connectivity index (χ0n) is 20.8. The number of aromatic nitrogens is 4. The minimum atomic E-state index is -0.894. The number of benzene rings is 2. The molecule has 3 aromatic heterocycles. The van der Waals surface area contributed by atoms with E-state index in [1.165, 1.54) is 11.3 Å². The molecule has 0 atom stereocenters. The Hall–Kier alpha value is -4.21. The molecule has 0 spiro atoms. The van der Waals surface area contributed by atoms with E-state index in [4.69, 9.17) is 22.0 Å². The Morgan fingerprint density at radius 2 is 1.87 bits per heavy atom. The van der Waals surface area contributed by atoms with E-state index in [0.717, 1.165) is 43.0 Å². The second kappa shape index (κ2) is 10.3. The number of halogens is 1. The van der Waals surface area contributed by atoms with E-state index in [1.807, 2.05) is 37.3 Å². The average molecular weight is 543 g/mol. The van der Waals surface area contributed by atoms with Gasteiger partial charge in [-0.25, -0.2) is 15.0 Å². The molecule has 0 radical (unpaired) electrons. The SMILES string of the molecule is CNc1cnc(-c2cc(-c3nc4cc(C)c(CC(=O)O)c(-c5ccc(Cl)cc5)c4s3)ccn2)nc1C(C)=N. The molecule has 3 N–H and O–H groups in total. The van der Waals surface area contributed by atoms with Gasteiger partial charge in [-0.1, -0.05) is 23.7 Å². The molecule has 0 saturated heterocycles. The van der Waals surface area contributed by atoms with Crippen molar-refractivity contribution < 1.29 is 9.90 Å². The third-order valence-electron chi connectivity index (χ3n) is 6.12. The summed E-state index contributed by atoms with van der Waals surface area (Å²) in [6.45, 7) is 3.59. The Morgan fingerprint density at radius 3 is 2.55 bits per heavy atom. The second-order valence-electron chi connectivity index (χ2n) is 8.75. The number of carbonyl (C=O) groups is 1. The quantitative estimate of drug-likeness (QED) is 0.200. The van der Waals surface area contributed by atoms with Crippen molar-refractivity contribution in [1.29, 1.82) is 5.41 Å². The molecule has 5 rings (SSSR count). The average Bonchev–Trinajstić information content (AvgIpc) is 3.32. The summed E-state index contributed by atoms with van der Waals surface area (Å²) in [5.41, 5.74) is 7.06. The summed E-state index contributed by atoms with van der Waals surface area (Å²) in [7, 11) is 1.76. The van der Waals surface area contributed by atoms with Crippen LogP contribution in [0.15, 0.2) is 54.9 Å². The van der Waals surface area contributed by atoms with Gasteiger partial charge in [-0.05, 0) is 60.9 Å². The highest BCUT2D eigenvalue weighted by Gasteiger charge is 2.20. The van der Waals surface area contributed by atoms with Crippen LogP contribution in [-0.4, -0.2) is 43.8 Å². The normalized spacial score (nSPS) is 11.1. The van der Waals surface area contributed by atoms with Gasteiger partial charge in [-0.2, -0.15) is 0 Å². The summed E-state index contributed by atoms with van der Waals surface area (Å²) in [4.78, 5) is 30.1. The summed E-state index contributed by atoms with van der Waals surface area (Å²) < 4.78 is 0.902. The summed E-state index contributed by atoms with van der Waals surface area (Å²) in [6.07, 6.45) is 3.23. The molecule has 0 aliphatic heterocycles. The standard InChI is InChI=1S/C28H23ClN6O2S/c1-14-10-20-26(24(19(14)12-23(36)37)16-4-6-18(29)7-5-16)38-28(34-20)17-8-9-32-21(11-17)27-33-13-22(31-3)25(35-27)15(2)30/h4-11,13,30-31H,12H2,1-3H3,(H,36,37). The van der Waals surface area contributed by atoms with Gasteiger partial charge in [0.1, 0.15) is 16.4 Å². The molecule has 0 aliphatic carbocycles. The highest BCUT2D eigenvalue weighted by atomic mass is 35.5. The lowest BCUT2D eigenvalue weighted by atomic mass is 9.93. The van der Waals surface area contributed by atoms with Gasteiger partial charge in [0, 0.05) is 29.4 Å². The molecule has 0 amide bonds. The minimum absolute atomic E-state index is 0.0961. The minimum Gasteiger partial charge on any atom is -0.481 e. The Labute approximate surface area is 227 Å². The molecule has 10 heteroatoms. The monoisotopic (exact) mass is 542 g/mol. The van der Waals surface area contributed by atoms with Gasteiger partial charge in [0.25, 0.3) is 0 Å². The van der Waals surface area contributed by atoms with Crippen molar-refractivity contribution in [2.75, 3.05) is 12.4 Å². The molecule has 3 heterocycles. The number of nitrogens with zero attached hydrogens (tertiary/aromatic N) is 4. The van der Waals surface area contributed by atoms with Gasteiger partial charge < -0.3 is 15.8 Å². The third kappa shape index (κ3) is 4.85. The van der Waals surface area contributed by atoms with Crippen LogP contribution < -0.4 is 5.32 Å².